The minimum atomic E-state index is -0.219. The summed E-state index contributed by atoms with van der Waals surface area (Å²) < 4.78 is 1.63. The molecule has 0 aliphatic rings. The molecule has 6 nitrogen and oxygen atoms in total. The SMILES string of the molecule is Cc1n[nH]c(C)c1Cc1n[nH]c(=O)n1Cc1ccc(Cl)cc1. The monoisotopic (exact) mass is 317 g/mol. The summed E-state index contributed by atoms with van der Waals surface area (Å²) in [6.45, 7) is 4.36. The summed E-state index contributed by atoms with van der Waals surface area (Å²) in [7, 11) is 0. The van der Waals surface area contributed by atoms with E-state index in [0.29, 0.717) is 23.8 Å². The number of hydrogen-bond donors (Lipinski definition) is 2. The van der Waals surface area contributed by atoms with E-state index in [1.807, 2.05) is 38.1 Å². The van der Waals surface area contributed by atoms with Gasteiger partial charge >= 0.3 is 5.69 Å². The Morgan fingerprint density at radius 2 is 1.86 bits per heavy atom. The molecule has 0 aliphatic carbocycles. The van der Waals surface area contributed by atoms with Crippen molar-refractivity contribution in [3.05, 3.63) is 68.1 Å². The summed E-state index contributed by atoms with van der Waals surface area (Å²) in [5.41, 5.74) is 3.76. The first-order valence-corrected chi connectivity index (χ1v) is 7.31. The van der Waals surface area contributed by atoms with Crippen LogP contribution in [0.4, 0.5) is 0 Å². The Hall–Kier alpha value is -2.34. The molecular formula is C15H16ClN5O. The molecule has 0 radical (unpaired) electrons. The van der Waals surface area contributed by atoms with Gasteiger partial charge in [-0.1, -0.05) is 23.7 Å². The zero-order valence-electron chi connectivity index (χ0n) is 12.4. The van der Waals surface area contributed by atoms with Crippen molar-refractivity contribution in [1.82, 2.24) is 25.0 Å². The Kier molecular flexibility index (Phi) is 3.85. The zero-order chi connectivity index (χ0) is 15.7. The van der Waals surface area contributed by atoms with Gasteiger partial charge in [0.15, 0.2) is 0 Å². The highest BCUT2D eigenvalue weighted by atomic mass is 35.5. The van der Waals surface area contributed by atoms with E-state index in [1.54, 1.807) is 4.57 Å². The Labute approximate surface area is 132 Å². The standard InChI is InChI=1S/C15H16ClN5O/c1-9-13(10(2)18-17-9)7-14-19-20-15(22)21(14)8-11-3-5-12(16)6-4-11/h3-6H,7-8H2,1-2H3,(H,17,18)(H,20,22). The molecule has 7 heteroatoms. The van der Waals surface area contributed by atoms with Gasteiger partial charge in [0, 0.05) is 22.7 Å². The molecule has 0 spiro atoms. The van der Waals surface area contributed by atoms with Crippen molar-refractivity contribution in [2.45, 2.75) is 26.8 Å². The van der Waals surface area contributed by atoms with E-state index >= 15 is 0 Å². The zero-order valence-corrected chi connectivity index (χ0v) is 13.1. The number of rotatable bonds is 4. The first-order valence-electron chi connectivity index (χ1n) is 6.93. The van der Waals surface area contributed by atoms with Crippen LogP contribution in [-0.2, 0) is 13.0 Å². The third-order valence-electron chi connectivity index (χ3n) is 3.71. The first-order chi connectivity index (χ1) is 10.5. The lowest BCUT2D eigenvalue weighted by atomic mass is 10.1. The van der Waals surface area contributed by atoms with Crippen molar-refractivity contribution in [3.8, 4) is 0 Å². The molecule has 0 bridgehead atoms. The molecule has 22 heavy (non-hydrogen) atoms. The third-order valence-corrected chi connectivity index (χ3v) is 3.96. The van der Waals surface area contributed by atoms with Gasteiger partial charge in [0.1, 0.15) is 5.82 Å². The summed E-state index contributed by atoms with van der Waals surface area (Å²) in [4.78, 5) is 12.0. The van der Waals surface area contributed by atoms with Crippen molar-refractivity contribution in [1.29, 1.82) is 0 Å². The van der Waals surface area contributed by atoms with Crippen molar-refractivity contribution in [3.63, 3.8) is 0 Å². The van der Waals surface area contributed by atoms with Crippen LogP contribution in [0.3, 0.4) is 0 Å². The summed E-state index contributed by atoms with van der Waals surface area (Å²) in [6, 6.07) is 7.43. The van der Waals surface area contributed by atoms with Crippen molar-refractivity contribution in [2.75, 3.05) is 0 Å². The predicted octanol–water partition coefficient (Wildman–Crippen LogP) is 2.20. The average Bonchev–Trinajstić information content (AvgIpc) is 3.00. The van der Waals surface area contributed by atoms with Gasteiger partial charge in [-0.2, -0.15) is 10.2 Å². The Balaban J connectivity index is 1.91. The maximum Gasteiger partial charge on any atom is 0.343 e. The molecule has 0 atom stereocenters. The number of nitrogens with zero attached hydrogens (tertiary/aromatic N) is 3. The summed E-state index contributed by atoms with van der Waals surface area (Å²) in [6.07, 6.45) is 0.556. The second-order valence-electron chi connectivity index (χ2n) is 5.25. The first kappa shape index (κ1) is 14.6. The van der Waals surface area contributed by atoms with Gasteiger partial charge in [0.05, 0.1) is 12.2 Å². The van der Waals surface area contributed by atoms with Gasteiger partial charge in [0.2, 0.25) is 0 Å². The number of hydrogen-bond acceptors (Lipinski definition) is 3. The third kappa shape index (κ3) is 2.82. The average molecular weight is 318 g/mol. The van der Waals surface area contributed by atoms with Crippen LogP contribution in [0.15, 0.2) is 29.1 Å². The maximum absolute atomic E-state index is 12.0. The topological polar surface area (TPSA) is 79.4 Å². The quantitative estimate of drug-likeness (QED) is 0.774. The second-order valence-corrected chi connectivity index (χ2v) is 5.68. The molecular weight excluding hydrogens is 302 g/mol. The van der Waals surface area contributed by atoms with Crippen molar-refractivity contribution in [2.24, 2.45) is 0 Å². The van der Waals surface area contributed by atoms with Crippen LogP contribution in [0.5, 0.6) is 0 Å². The van der Waals surface area contributed by atoms with Gasteiger partial charge in [-0.05, 0) is 31.5 Å². The van der Waals surface area contributed by atoms with Crippen LogP contribution in [0.2, 0.25) is 5.02 Å². The van der Waals surface area contributed by atoms with E-state index in [0.717, 1.165) is 22.5 Å². The molecule has 0 unspecified atom stereocenters. The number of aromatic nitrogens is 5. The molecule has 2 aromatic heterocycles. The highest BCUT2D eigenvalue weighted by Crippen LogP contribution is 2.15. The number of aromatic amines is 2. The van der Waals surface area contributed by atoms with Gasteiger partial charge in [-0.3, -0.25) is 9.67 Å². The molecule has 0 amide bonds. The fraction of sp³-hybridized carbons (Fsp3) is 0.267. The van der Waals surface area contributed by atoms with Gasteiger partial charge in [-0.15, -0.1) is 0 Å². The fourth-order valence-electron chi connectivity index (χ4n) is 2.41. The highest BCUT2D eigenvalue weighted by Gasteiger charge is 2.14. The molecule has 3 rings (SSSR count). The minimum Gasteiger partial charge on any atom is -0.282 e. The molecule has 2 N–H and O–H groups in total. The maximum atomic E-state index is 12.0. The van der Waals surface area contributed by atoms with Crippen LogP contribution in [0.25, 0.3) is 0 Å². The molecule has 1 aromatic carbocycles. The predicted molar refractivity (Wildman–Crippen MR) is 84.3 cm³/mol. The van der Waals surface area contributed by atoms with Crippen molar-refractivity contribution < 1.29 is 0 Å². The minimum absolute atomic E-state index is 0.219. The molecule has 3 aromatic rings. The molecule has 0 saturated carbocycles. The van der Waals surface area contributed by atoms with E-state index in [2.05, 4.69) is 20.4 Å². The van der Waals surface area contributed by atoms with Crippen LogP contribution in [-0.4, -0.2) is 25.0 Å². The van der Waals surface area contributed by atoms with E-state index < -0.39 is 0 Å². The largest absolute Gasteiger partial charge is 0.343 e. The summed E-state index contributed by atoms with van der Waals surface area (Å²) >= 11 is 5.89. The van der Waals surface area contributed by atoms with Gasteiger partial charge in [-0.25, -0.2) is 9.89 Å². The number of aryl methyl sites for hydroxylation is 2. The van der Waals surface area contributed by atoms with E-state index in [9.17, 15) is 4.79 Å². The van der Waals surface area contributed by atoms with Crippen LogP contribution < -0.4 is 5.69 Å². The van der Waals surface area contributed by atoms with Crippen LogP contribution in [0.1, 0.15) is 28.3 Å². The van der Waals surface area contributed by atoms with E-state index in [4.69, 9.17) is 11.6 Å². The highest BCUT2D eigenvalue weighted by molar-refractivity contribution is 6.30. The Morgan fingerprint density at radius 3 is 2.50 bits per heavy atom. The van der Waals surface area contributed by atoms with E-state index in [1.165, 1.54) is 0 Å². The number of H-pyrrole nitrogens is 2. The lowest BCUT2D eigenvalue weighted by Gasteiger charge is -2.06. The Bertz CT molecular complexity index is 824. The number of nitrogens with one attached hydrogen (secondary N) is 2. The second kappa shape index (κ2) is 5.81. The molecule has 0 fully saturated rings. The lowest BCUT2D eigenvalue weighted by molar-refractivity contribution is 0.716. The van der Waals surface area contributed by atoms with Crippen LogP contribution >= 0.6 is 11.6 Å². The van der Waals surface area contributed by atoms with Gasteiger partial charge in [0.25, 0.3) is 0 Å². The molecule has 0 aliphatic heterocycles. The number of benzene rings is 1. The smallest absolute Gasteiger partial charge is 0.282 e. The molecule has 114 valence electrons. The number of halogens is 1. The summed E-state index contributed by atoms with van der Waals surface area (Å²) in [5.74, 6) is 0.688. The molecule has 2 heterocycles. The fourth-order valence-corrected chi connectivity index (χ4v) is 2.54. The normalized spacial score (nSPS) is 11.0. The van der Waals surface area contributed by atoms with Gasteiger partial charge < -0.3 is 0 Å². The van der Waals surface area contributed by atoms with Crippen molar-refractivity contribution >= 4 is 11.6 Å². The van der Waals surface area contributed by atoms with Crippen LogP contribution in [0, 0.1) is 13.8 Å². The molecule has 0 saturated heterocycles. The summed E-state index contributed by atoms with van der Waals surface area (Å²) in [5, 5.41) is 14.5. The van der Waals surface area contributed by atoms with E-state index in [-0.39, 0.29) is 5.69 Å². The Morgan fingerprint density at radius 1 is 1.14 bits per heavy atom. The lowest BCUT2D eigenvalue weighted by Crippen LogP contribution is -2.20.